The largest absolute Gasteiger partial charge is 0.497 e. The van der Waals surface area contributed by atoms with Crippen molar-refractivity contribution in [3.63, 3.8) is 0 Å². The van der Waals surface area contributed by atoms with Gasteiger partial charge in [0, 0.05) is 16.5 Å². The van der Waals surface area contributed by atoms with Crippen LogP contribution in [-0.2, 0) is 11.3 Å². The first-order chi connectivity index (χ1) is 12.7. The van der Waals surface area contributed by atoms with Crippen LogP contribution in [0.15, 0.2) is 59.1 Å². The zero-order valence-electron chi connectivity index (χ0n) is 13.9. The molecule has 1 N–H and O–H groups in total. The first-order valence-electron chi connectivity index (χ1n) is 7.94. The number of aliphatic carboxylic acids is 1. The van der Waals surface area contributed by atoms with Gasteiger partial charge in [-0.2, -0.15) is 4.98 Å². The fourth-order valence-corrected chi connectivity index (χ4v) is 2.88. The lowest BCUT2D eigenvalue weighted by molar-refractivity contribution is -0.137. The fraction of sp³-hybridized carbons (Fsp3) is 0.105. The molecule has 0 fully saturated rings. The minimum Gasteiger partial charge on any atom is -0.497 e. The molecule has 130 valence electrons. The monoisotopic (exact) mass is 349 g/mol. The summed E-state index contributed by atoms with van der Waals surface area (Å²) in [4.78, 5) is 15.7. The van der Waals surface area contributed by atoms with E-state index in [0.717, 1.165) is 22.2 Å². The molecule has 2 heterocycles. The van der Waals surface area contributed by atoms with E-state index in [1.54, 1.807) is 11.7 Å². The van der Waals surface area contributed by atoms with Crippen molar-refractivity contribution in [1.82, 2.24) is 14.7 Å². The van der Waals surface area contributed by atoms with E-state index in [9.17, 15) is 9.90 Å². The molecule has 0 saturated heterocycles. The summed E-state index contributed by atoms with van der Waals surface area (Å²) in [5, 5.41) is 14.2. The minimum absolute atomic E-state index is 0.191. The minimum atomic E-state index is -0.942. The van der Waals surface area contributed by atoms with Gasteiger partial charge >= 0.3 is 5.97 Å². The molecule has 0 aliphatic carbocycles. The topological polar surface area (TPSA) is 90.4 Å². The summed E-state index contributed by atoms with van der Waals surface area (Å²) < 4.78 is 12.2. The van der Waals surface area contributed by atoms with Gasteiger partial charge in [-0.15, -0.1) is 0 Å². The van der Waals surface area contributed by atoms with Crippen LogP contribution in [0.4, 0.5) is 0 Å². The van der Waals surface area contributed by atoms with Gasteiger partial charge in [0.2, 0.25) is 5.82 Å². The Morgan fingerprint density at radius 1 is 1.19 bits per heavy atom. The van der Waals surface area contributed by atoms with Crippen molar-refractivity contribution in [1.29, 1.82) is 0 Å². The molecule has 0 aliphatic rings. The molecule has 0 amide bonds. The highest BCUT2D eigenvalue weighted by molar-refractivity contribution is 5.87. The molecule has 7 heteroatoms. The second-order valence-electron chi connectivity index (χ2n) is 5.72. The summed E-state index contributed by atoms with van der Waals surface area (Å²) in [7, 11) is 1.60. The smallest absolute Gasteiger partial charge is 0.323 e. The maximum Gasteiger partial charge on any atom is 0.323 e. The van der Waals surface area contributed by atoms with Crippen LogP contribution in [0.1, 0.15) is 0 Å². The first kappa shape index (κ1) is 15.9. The van der Waals surface area contributed by atoms with E-state index in [2.05, 4.69) is 10.1 Å². The molecule has 0 atom stereocenters. The molecule has 0 bridgehead atoms. The van der Waals surface area contributed by atoms with Gasteiger partial charge in [-0.1, -0.05) is 23.4 Å². The molecular formula is C19H15N3O4. The number of hydrogen-bond donors (Lipinski definition) is 1. The Morgan fingerprint density at radius 3 is 2.69 bits per heavy atom. The zero-order valence-corrected chi connectivity index (χ0v) is 13.9. The van der Waals surface area contributed by atoms with Crippen LogP contribution in [0.2, 0.25) is 0 Å². The van der Waals surface area contributed by atoms with Crippen molar-refractivity contribution in [2.45, 2.75) is 6.54 Å². The van der Waals surface area contributed by atoms with E-state index in [0.29, 0.717) is 11.5 Å². The summed E-state index contributed by atoms with van der Waals surface area (Å²) in [5.74, 6) is 0.490. The quantitative estimate of drug-likeness (QED) is 0.593. The molecule has 2 aromatic heterocycles. The average Bonchev–Trinajstić information content (AvgIpc) is 3.27. The maximum absolute atomic E-state index is 11.3. The van der Waals surface area contributed by atoms with E-state index in [-0.39, 0.29) is 12.4 Å². The Hall–Kier alpha value is -3.61. The number of carboxylic acid groups (broad SMARTS) is 1. The van der Waals surface area contributed by atoms with Crippen LogP contribution < -0.4 is 4.74 Å². The molecule has 0 aliphatic heterocycles. The van der Waals surface area contributed by atoms with Gasteiger partial charge < -0.3 is 18.9 Å². The second kappa shape index (κ2) is 6.36. The lowest BCUT2D eigenvalue weighted by Crippen LogP contribution is -2.09. The molecule has 26 heavy (non-hydrogen) atoms. The van der Waals surface area contributed by atoms with Crippen molar-refractivity contribution in [2.75, 3.05) is 7.11 Å². The Labute approximate surface area is 148 Å². The molecular weight excluding hydrogens is 334 g/mol. The van der Waals surface area contributed by atoms with Gasteiger partial charge in [-0.05, 0) is 36.4 Å². The molecule has 0 spiro atoms. The Morgan fingerprint density at radius 2 is 1.96 bits per heavy atom. The highest BCUT2D eigenvalue weighted by Gasteiger charge is 2.18. The highest BCUT2D eigenvalue weighted by Crippen LogP contribution is 2.29. The summed E-state index contributed by atoms with van der Waals surface area (Å²) in [6.45, 7) is -0.191. The zero-order chi connectivity index (χ0) is 18.1. The number of carboxylic acids is 1. The summed E-state index contributed by atoms with van der Waals surface area (Å²) >= 11 is 0. The van der Waals surface area contributed by atoms with E-state index >= 15 is 0 Å². The molecule has 4 rings (SSSR count). The number of carbonyl (C=O) groups is 1. The number of aromatic nitrogens is 3. The van der Waals surface area contributed by atoms with Crippen LogP contribution in [0, 0.1) is 0 Å². The van der Waals surface area contributed by atoms with Gasteiger partial charge in [0.15, 0.2) is 0 Å². The predicted octanol–water partition coefficient (Wildman–Crippen LogP) is 3.45. The third-order valence-corrected chi connectivity index (χ3v) is 4.10. The summed E-state index contributed by atoms with van der Waals surface area (Å²) in [6.07, 6.45) is 0. The highest BCUT2D eigenvalue weighted by atomic mass is 16.5. The normalized spacial score (nSPS) is 11.0. The second-order valence-corrected chi connectivity index (χ2v) is 5.72. The van der Waals surface area contributed by atoms with Gasteiger partial charge in [0.1, 0.15) is 18.0 Å². The molecule has 4 aromatic rings. The number of rotatable bonds is 5. The maximum atomic E-state index is 11.3. The molecule has 7 nitrogen and oxygen atoms in total. The van der Waals surface area contributed by atoms with Gasteiger partial charge in [-0.25, -0.2) is 0 Å². The van der Waals surface area contributed by atoms with Crippen molar-refractivity contribution >= 4 is 16.9 Å². The lowest BCUT2D eigenvalue weighted by atomic mass is 10.2. The summed E-state index contributed by atoms with van der Waals surface area (Å²) in [5.41, 5.74) is 2.15. The number of benzene rings is 2. The molecule has 0 unspecified atom stereocenters. The van der Waals surface area contributed by atoms with Crippen molar-refractivity contribution < 1.29 is 19.2 Å². The van der Waals surface area contributed by atoms with E-state index < -0.39 is 5.97 Å². The van der Waals surface area contributed by atoms with Crippen LogP contribution in [0.5, 0.6) is 5.75 Å². The van der Waals surface area contributed by atoms with Crippen LogP contribution >= 0.6 is 0 Å². The molecule has 0 radical (unpaired) electrons. The van der Waals surface area contributed by atoms with E-state index in [1.165, 1.54) is 0 Å². The van der Waals surface area contributed by atoms with Crippen LogP contribution in [0.25, 0.3) is 33.9 Å². The van der Waals surface area contributed by atoms with Gasteiger partial charge in [0.05, 0.1) is 7.11 Å². The van der Waals surface area contributed by atoms with Gasteiger partial charge in [0.25, 0.3) is 5.89 Å². The Kier molecular flexibility index (Phi) is 3.89. The van der Waals surface area contributed by atoms with Crippen molar-refractivity contribution in [2.24, 2.45) is 0 Å². The van der Waals surface area contributed by atoms with Gasteiger partial charge in [-0.3, -0.25) is 4.79 Å². The SMILES string of the molecule is COc1ccc(-c2noc(-c3cc4ccccc4n3CC(=O)O)n2)cc1. The number of methoxy groups -OCH3 is 1. The Balaban J connectivity index is 1.78. The number of para-hydroxylation sites is 1. The summed E-state index contributed by atoms with van der Waals surface area (Å²) in [6, 6.07) is 16.7. The standard InChI is InChI=1S/C19H15N3O4/c1-25-14-8-6-12(7-9-14)18-20-19(26-21-18)16-10-13-4-2-3-5-15(13)22(16)11-17(23)24/h2-10H,11H2,1H3,(H,23,24). The number of fused-ring (bicyclic) bond motifs is 1. The average molecular weight is 349 g/mol. The van der Waals surface area contributed by atoms with E-state index in [4.69, 9.17) is 9.26 Å². The molecule has 2 aromatic carbocycles. The van der Waals surface area contributed by atoms with Crippen molar-refractivity contribution in [3.8, 4) is 28.7 Å². The third kappa shape index (κ3) is 2.79. The Bertz CT molecular complexity index is 1080. The van der Waals surface area contributed by atoms with Crippen molar-refractivity contribution in [3.05, 3.63) is 54.6 Å². The van der Waals surface area contributed by atoms with Crippen LogP contribution in [-0.4, -0.2) is 32.9 Å². The lowest BCUT2D eigenvalue weighted by Gasteiger charge is -2.04. The fourth-order valence-electron chi connectivity index (χ4n) is 2.88. The van der Waals surface area contributed by atoms with E-state index in [1.807, 2.05) is 54.6 Å². The number of ether oxygens (including phenoxy) is 1. The molecule has 0 saturated carbocycles. The van der Waals surface area contributed by atoms with Crippen LogP contribution in [0.3, 0.4) is 0 Å². The third-order valence-electron chi connectivity index (χ3n) is 4.10. The predicted molar refractivity (Wildman–Crippen MR) is 94.9 cm³/mol. The number of nitrogens with zero attached hydrogens (tertiary/aromatic N) is 3. The first-order valence-corrected chi connectivity index (χ1v) is 7.94. The number of hydrogen-bond acceptors (Lipinski definition) is 5.